The fraction of sp³-hybridized carbons (Fsp3) is 0.455. The summed E-state index contributed by atoms with van der Waals surface area (Å²) in [6.45, 7) is 2.68. The molecule has 19 heavy (non-hydrogen) atoms. The molecule has 0 amide bonds. The molecule has 0 fully saturated rings. The number of methoxy groups -OCH3 is 1. The molecule has 0 saturated carbocycles. The van der Waals surface area contributed by atoms with Crippen LogP contribution >= 0.6 is 12.2 Å². The van der Waals surface area contributed by atoms with Crippen LogP contribution in [0.15, 0.2) is 23.2 Å². The lowest BCUT2D eigenvalue weighted by atomic mass is 10.2. The molecule has 0 aliphatic heterocycles. The zero-order chi connectivity index (χ0) is 14.5. The molecule has 0 aromatic carbocycles. The highest BCUT2D eigenvalue weighted by atomic mass is 32.2. The first-order valence-electron chi connectivity index (χ1n) is 5.61. The first kappa shape index (κ1) is 16.0. The minimum atomic E-state index is -3.57. The molecule has 0 radical (unpaired) electrons. The number of nitrogens with one attached hydrogen (secondary N) is 1. The van der Waals surface area contributed by atoms with Crippen molar-refractivity contribution in [3.05, 3.63) is 24.0 Å². The van der Waals surface area contributed by atoms with Crippen LogP contribution in [0.3, 0.4) is 0 Å². The Labute approximate surface area is 118 Å². The number of sulfonamides is 1. The number of thiocarbonyl (C=S) groups is 1. The molecule has 1 aromatic heterocycles. The Hall–Kier alpha value is -1.09. The standard InChI is InChI=1S/C11H17N3O3S2/c1-8(7-17-2)5-14-19(15,16)9-3-4-10(11(12)18)13-6-9/h3-4,6,8,14H,5,7H2,1-2H3,(H2,12,18). The number of hydrogen-bond donors (Lipinski definition) is 2. The maximum absolute atomic E-state index is 12.0. The van der Waals surface area contributed by atoms with Gasteiger partial charge in [-0.1, -0.05) is 19.1 Å². The van der Waals surface area contributed by atoms with Crippen molar-refractivity contribution in [2.45, 2.75) is 11.8 Å². The van der Waals surface area contributed by atoms with Gasteiger partial charge in [0.25, 0.3) is 0 Å². The SMILES string of the molecule is COCC(C)CNS(=O)(=O)c1ccc(C(N)=S)nc1. The van der Waals surface area contributed by atoms with Crippen LogP contribution in [0.2, 0.25) is 0 Å². The van der Waals surface area contributed by atoms with Crippen molar-refractivity contribution >= 4 is 27.2 Å². The second-order valence-corrected chi connectivity index (χ2v) is 6.36. The largest absolute Gasteiger partial charge is 0.388 e. The van der Waals surface area contributed by atoms with Crippen molar-refractivity contribution in [1.82, 2.24) is 9.71 Å². The Morgan fingerprint density at radius 1 is 1.58 bits per heavy atom. The first-order valence-corrected chi connectivity index (χ1v) is 7.50. The second-order valence-electron chi connectivity index (χ2n) is 4.16. The maximum Gasteiger partial charge on any atom is 0.242 e. The van der Waals surface area contributed by atoms with E-state index in [0.717, 1.165) is 0 Å². The average molecular weight is 303 g/mol. The molecular formula is C11H17N3O3S2. The molecule has 0 aliphatic rings. The predicted molar refractivity (Wildman–Crippen MR) is 76.4 cm³/mol. The van der Waals surface area contributed by atoms with Gasteiger partial charge in [0.1, 0.15) is 9.88 Å². The van der Waals surface area contributed by atoms with Gasteiger partial charge in [0, 0.05) is 26.5 Å². The summed E-state index contributed by atoms with van der Waals surface area (Å²) >= 11 is 4.75. The third kappa shape index (κ3) is 4.83. The summed E-state index contributed by atoms with van der Waals surface area (Å²) in [5.74, 6) is 0.0867. The highest BCUT2D eigenvalue weighted by Crippen LogP contribution is 2.08. The van der Waals surface area contributed by atoms with Crippen LogP contribution in [-0.4, -0.2) is 38.7 Å². The van der Waals surface area contributed by atoms with Crippen molar-refractivity contribution in [2.24, 2.45) is 11.7 Å². The van der Waals surface area contributed by atoms with Gasteiger partial charge in [-0.2, -0.15) is 0 Å². The number of pyridine rings is 1. The van der Waals surface area contributed by atoms with E-state index in [0.29, 0.717) is 18.8 Å². The van der Waals surface area contributed by atoms with Gasteiger partial charge in [0.2, 0.25) is 10.0 Å². The van der Waals surface area contributed by atoms with Crippen LogP contribution < -0.4 is 10.5 Å². The lowest BCUT2D eigenvalue weighted by molar-refractivity contribution is 0.161. The average Bonchev–Trinajstić information content (AvgIpc) is 2.37. The van der Waals surface area contributed by atoms with Gasteiger partial charge in [0.05, 0.1) is 5.69 Å². The minimum Gasteiger partial charge on any atom is -0.388 e. The third-order valence-corrected chi connectivity index (χ3v) is 3.99. The minimum absolute atomic E-state index is 0.0807. The van der Waals surface area contributed by atoms with Gasteiger partial charge < -0.3 is 10.5 Å². The summed E-state index contributed by atoms with van der Waals surface area (Å²) in [6, 6.07) is 2.90. The monoisotopic (exact) mass is 303 g/mol. The van der Waals surface area contributed by atoms with Gasteiger partial charge in [0.15, 0.2) is 0 Å². The molecule has 0 spiro atoms. The van der Waals surface area contributed by atoms with E-state index in [1.807, 2.05) is 6.92 Å². The summed E-state index contributed by atoms with van der Waals surface area (Å²) < 4.78 is 31.4. The van der Waals surface area contributed by atoms with E-state index < -0.39 is 10.0 Å². The molecule has 1 heterocycles. The summed E-state index contributed by atoms with van der Waals surface area (Å²) in [7, 11) is -2.00. The van der Waals surface area contributed by atoms with Crippen molar-refractivity contribution in [1.29, 1.82) is 0 Å². The van der Waals surface area contributed by atoms with E-state index in [1.165, 1.54) is 18.3 Å². The molecule has 1 unspecified atom stereocenters. The molecule has 6 nitrogen and oxygen atoms in total. The first-order chi connectivity index (χ1) is 8.86. The lowest BCUT2D eigenvalue weighted by Gasteiger charge is -2.12. The zero-order valence-corrected chi connectivity index (χ0v) is 12.4. The molecule has 0 aliphatic carbocycles. The van der Waals surface area contributed by atoms with Gasteiger partial charge in [-0.3, -0.25) is 4.98 Å². The fourth-order valence-electron chi connectivity index (χ4n) is 1.36. The van der Waals surface area contributed by atoms with E-state index in [9.17, 15) is 8.42 Å². The van der Waals surface area contributed by atoms with Gasteiger partial charge in [-0.25, -0.2) is 13.1 Å². The summed E-state index contributed by atoms with van der Waals surface area (Å²) in [4.78, 5) is 4.11. The van der Waals surface area contributed by atoms with E-state index in [1.54, 1.807) is 7.11 Å². The Morgan fingerprint density at radius 2 is 2.26 bits per heavy atom. The molecule has 0 saturated heterocycles. The summed E-state index contributed by atoms with van der Waals surface area (Å²) in [5, 5.41) is 0. The third-order valence-electron chi connectivity index (χ3n) is 2.37. The number of rotatable bonds is 7. The van der Waals surface area contributed by atoms with Crippen LogP contribution in [0, 0.1) is 5.92 Å². The molecule has 0 bridgehead atoms. The van der Waals surface area contributed by atoms with Gasteiger partial charge in [-0.15, -0.1) is 0 Å². The maximum atomic E-state index is 12.0. The molecule has 3 N–H and O–H groups in total. The van der Waals surface area contributed by atoms with E-state index in [-0.39, 0.29) is 15.8 Å². The van der Waals surface area contributed by atoms with E-state index >= 15 is 0 Å². The Bertz CT molecular complexity index is 529. The van der Waals surface area contributed by atoms with Crippen LogP contribution in [0.4, 0.5) is 0 Å². The van der Waals surface area contributed by atoms with Crippen molar-refractivity contribution in [2.75, 3.05) is 20.3 Å². The Balaban J connectivity index is 2.74. The second kappa shape index (κ2) is 6.90. The summed E-state index contributed by atoms with van der Waals surface area (Å²) in [6.07, 6.45) is 1.23. The predicted octanol–water partition coefficient (Wildman–Crippen LogP) is 0.277. The Kier molecular flexibility index (Phi) is 5.80. The van der Waals surface area contributed by atoms with Gasteiger partial charge >= 0.3 is 0 Å². The summed E-state index contributed by atoms with van der Waals surface area (Å²) in [5.41, 5.74) is 5.79. The van der Waals surface area contributed by atoms with E-state index in [4.69, 9.17) is 22.7 Å². The quantitative estimate of drug-likeness (QED) is 0.703. The number of ether oxygens (including phenoxy) is 1. The van der Waals surface area contributed by atoms with Crippen LogP contribution in [0.25, 0.3) is 0 Å². The number of aromatic nitrogens is 1. The Morgan fingerprint density at radius 3 is 2.74 bits per heavy atom. The van der Waals surface area contributed by atoms with Crippen LogP contribution in [0.5, 0.6) is 0 Å². The fourth-order valence-corrected chi connectivity index (χ4v) is 2.59. The highest BCUT2D eigenvalue weighted by molar-refractivity contribution is 7.89. The van der Waals surface area contributed by atoms with Crippen molar-refractivity contribution in [3.8, 4) is 0 Å². The number of nitrogens with two attached hydrogens (primary N) is 1. The van der Waals surface area contributed by atoms with Crippen LogP contribution in [0.1, 0.15) is 12.6 Å². The topological polar surface area (TPSA) is 94.3 Å². The molecule has 1 rings (SSSR count). The van der Waals surface area contributed by atoms with E-state index in [2.05, 4.69) is 9.71 Å². The number of hydrogen-bond acceptors (Lipinski definition) is 5. The normalized spacial score (nSPS) is 13.2. The zero-order valence-electron chi connectivity index (χ0n) is 10.8. The number of nitrogens with zero attached hydrogens (tertiary/aromatic N) is 1. The molecule has 1 atom stereocenters. The lowest BCUT2D eigenvalue weighted by Crippen LogP contribution is -2.30. The van der Waals surface area contributed by atoms with Crippen molar-refractivity contribution in [3.63, 3.8) is 0 Å². The van der Waals surface area contributed by atoms with Crippen molar-refractivity contribution < 1.29 is 13.2 Å². The highest BCUT2D eigenvalue weighted by Gasteiger charge is 2.15. The van der Waals surface area contributed by atoms with Gasteiger partial charge in [-0.05, 0) is 18.1 Å². The van der Waals surface area contributed by atoms with Crippen LogP contribution in [-0.2, 0) is 14.8 Å². The molecule has 8 heteroatoms. The molecule has 1 aromatic rings. The molecular weight excluding hydrogens is 286 g/mol. The smallest absolute Gasteiger partial charge is 0.242 e. The molecule has 106 valence electrons.